The van der Waals surface area contributed by atoms with Crippen LogP contribution in [0.4, 0.5) is 5.82 Å². The van der Waals surface area contributed by atoms with Gasteiger partial charge in [-0.3, -0.25) is 5.10 Å². The third-order valence-electron chi connectivity index (χ3n) is 2.86. The van der Waals surface area contributed by atoms with Crippen LogP contribution in [0, 0.1) is 0 Å². The van der Waals surface area contributed by atoms with Gasteiger partial charge in [0, 0.05) is 18.8 Å². The second kappa shape index (κ2) is 5.74. The number of nitrogens with zero attached hydrogens (tertiary/aromatic N) is 4. The molecule has 108 valence electrons. The molecule has 7 nitrogen and oxygen atoms in total. The largest absolute Gasteiger partial charge is 0.475 e. The number of hydrogen-bond acceptors (Lipinski definition) is 6. The summed E-state index contributed by atoms with van der Waals surface area (Å²) in [4.78, 5) is 12.6. The first-order chi connectivity index (χ1) is 10.2. The first-order valence-corrected chi connectivity index (χ1v) is 6.72. The highest BCUT2D eigenvalue weighted by atomic mass is 16.5. The highest BCUT2D eigenvalue weighted by Crippen LogP contribution is 2.17. The van der Waals surface area contributed by atoms with E-state index < -0.39 is 0 Å². The average molecular weight is 284 g/mol. The Balaban J connectivity index is 1.68. The molecule has 0 atom stereocenters. The summed E-state index contributed by atoms with van der Waals surface area (Å²) in [7, 11) is 0. The van der Waals surface area contributed by atoms with E-state index in [1.165, 1.54) is 6.33 Å². The molecule has 3 heterocycles. The van der Waals surface area contributed by atoms with Gasteiger partial charge in [-0.1, -0.05) is 6.07 Å². The smallest absolute Gasteiger partial charge is 0.213 e. The van der Waals surface area contributed by atoms with Crippen LogP contribution in [0.2, 0.25) is 0 Å². The van der Waals surface area contributed by atoms with E-state index in [1.54, 1.807) is 12.4 Å². The molecule has 3 rings (SSSR count). The minimum absolute atomic E-state index is 0.122. The number of nitrogens with one attached hydrogen (secondary N) is 2. The lowest BCUT2D eigenvalue weighted by atomic mass is 10.3. The Labute approximate surface area is 121 Å². The minimum atomic E-state index is 0.122. The molecule has 0 saturated heterocycles. The van der Waals surface area contributed by atoms with Gasteiger partial charge in [-0.2, -0.15) is 5.10 Å². The zero-order valence-electron chi connectivity index (χ0n) is 11.9. The fourth-order valence-electron chi connectivity index (χ4n) is 1.92. The lowest BCUT2D eigenvalue weighted by molar-refractivity contribution is 0.232. The Hall–Kier alpha value is -2.70. The van der Waals surface area contributed by atoms with E-state index in [2.05, 4.69) is 30.5 Å². The summed E-state index contributed by atoms with van der Waals surface area (Å²) in [5.41, 5.74) is 1.76. The molecule has 0 aliphatic rings. The number of fused-ring (bicyclic) bond motifs is 1. The van der Waals surface area contributed by atoms with Crippen molar-refractivity contribution in [1.82, 2.24) is 25.1 Å². The number of rotatable bonds is 5. The quantitative estimate of drug-likeness (QED) is 0.746. The van der Waals surface area contributed by atoms with Gasteiger partial charge in [0.1, 0.15) is 12.1 Å². The number of aromatic amines is 1. The van der Waals surface area contributed by atoms with Crippen LogP contribution in [0.1, 0.15) is 19.4 Å². The van der Waals surface area contributed by atoms with Gasteiger partial charge in [0.15, 0.2) is 5.65 Å². The summed E-state index contributed by atoms with van der Waals surface area (Å²) in [6, 6.07) is 3.84. The number of aromatic nitrogens is 5. The van der Waals surface area contributed by atoms with Crippen molar-refractivity contribution < 1.29 is 4.74 Å². The molecule has 0 aliphatic carbocycles. The Morgan fingerprint density at radius 3 is 2.86 bits per heavy atom. The Bertz CT molecular complexity index is 722. The van der Waals surface area contributed by atoms with Crippen LogP contribution in [-0.4, -0.2) is 31.3 Å². The molecule has 3 aromatic heterocycles. The zero-order chi connectivity index (χ0) is 14.7. The summed E-state index contributed by atoms with van der Waals surface area (Å²) < 4.78 is 5.51. The van der Waals surface area contributed by atoms with Gasteiger partial charge in [0.25, 0.3) is 0 Å². The third kappa shape index (κ3) is 3.07. The van der Waals surface area contributed by atoms with Crippen LogP contribution in [-0.2, 0) is 6.54 Å². The minimum Gasteiger partial charge on any atom is -0.475 e. The molecule has 0 saturated carbocycles. The molecule has 3 aromatic rings. The summed E-state index contributed by atoms with van der Waals surface area (Å²) in [5.74, 6) is 1.38. The summed E-state index contributed by atoms with van der Waals surface area (Å²) in [5, 5.41) is 10.9. The van der Waals surface area contributed by atoms with Crippen molar-refractivity contribution >= 4 is 16.9 Å². The molecule has 21 heavy (non-hydrogen) atoms. The topological polar surface area (TPSA) is 88.6 Å². The Morgan fingerprint density at radius 1 is 1.19 bits per heavy atom. The van der Waals surface area contributed by atoms with Crippen LogP contribution in [0.25, 0.3) is 11.0 Å². The second-order valence-electron chi connectivity index (χ2n) is 4.88. The van der Waals surface area contributed by atoms with Crippen LogP contribution < -0.4 is 10.1 Å². The molecule has 0 unspecified atom stereocenters. The predicted octanol–water partition coefficient (Wildman–Crippen LogP) is 2.15. The maximum Gasteiger partial charge on any atom is 0.213 e. The van der Waals surface area contributed by atoms with Crippen molar-refractivity contribution in [2.75, 3.05) is 5.32 Å². The number of ether oxygens (including phenoxy) is 1. The van der Waals surface area contributed by atoms with Gasteiger partial charge in [-0.25, -0.2) is 15.0 Å². The molecule has 0 aromatic carbocycles. The van der Waals surface area contributed by atoms with E-state index in [0.717, 1.165) is 16.8 Å². The first-order valence-electron chi connectivity index (χ1n) is 6.72. The van der Waals surface area contributed by atoms with Gasteiger partial charge in [0.05, 0.1) is 17.7 Å². The molecule has 7 heteroatoms. The van der Waals surface area contributed by atoms with Gasteiger partial charge in [-0.15, -0.1) is 0 Å². The van der Waals surface area contributed by atoms with Crippen LogP contribution in [0.3, 0.4) is 0 Å². The number of hydrogen-bond donors (Lipinski definition) is 2. The van der Waals surface area contributed by atoms with E-state index in [0.29, 0.717) is 18.1 Å². The molecular weight excluding hydrogens is 268 g/mol. The summed E-state index contributed by atoms with van der Waals surface area (Å²) in [6.07, 6.45) is 5.12. The fourth-order valence-corrected chi connectivity index (χ4v) is 1.92. The van der Waals surface area contributed by atoms with Crippen molar-refractivity contribution in [3.63, 3.8) is 0 Å². The molecular formula is C14H16N6O. The number of pyridine rings is 1. The molecule has 0 aliphatic heterocycles. The van der Waals surface area contributed by atoms with Crippen LogP contribution in [0.15, 0.2) is 30.9 Å². The lowest BCUT2D eigenvalue weighted by Crippen LogP contribution is -2.07. The summed E-state index contributed by atoms with van der Waals surface area (Å²) in [6.45, 7) is 4.57. The van der Waals surface area contributed by atoms with Crippen molar-refractivity contribution in [2.45, 2.75) is 26.5 Å². The molecule has 0 bridgehead atoms. The molecule has 0 amide bonds. The molecule has 0 radical (unpaired) electrons. The average Bonchev–Trinajstić information content (AvgIpc) is 2.95. The van der Waals surface area contributed by atoms with E-state index in [4.69, 9.17) is 4.74 Å². The first kappa shape index (κ1) is 13.3. The van der Waals surface area contributed by atoms with Crippen molar-refractivity contribution in [2.24, 2.45) is 0 Å². The number of anilines is 1. The van der Waals surface area contributed by atoms with Crippen molar-refractivity contribution in [1.29, 1.82) is 0 Å². The normalized spacial score (nSPS) is 11.0. The van der Waals surface area contributed by atoms with E-state index in [9.17, 15) is 0 Å². The third-order valence-corrected chi connectivity index (χ3v) is 2.86. The molecule has 0 spiro atoms. The standard InChI is InChI=1S/C14H16N6O/c1-9(2)21-12-4-3-10(5-15-12)6-16-13-11-7-19-20-14(11)18-8-17-13/h3-5,7-9H,6H2,1-2H3,(H2,16,17,18,19,20). The van der Waals surface area contributed by atoms with Crippen molar-refractivity contribution in [3.8, 4) is 5.88 Å². The zero-order valence-corrected chi connectivity index (χ0v) is 11.9. The second-order valence-corrected chi connectivity index (χ2v) is 4.88. The highest BCUT2D eigenvalue weighted by Gasteiger charge is 2.05. The fraction of sp³-hybridized carbons (Fsp3) is 0.286. The number of H-pyrrole nitrogens is 1. The van der Waals surface area contributed by atoms with E-state index in [-0.39, 0.29) is 6.10 Å². The Morgan fingerprint density at radius 2 is 2.10 bits per heavy atom. The molecule has 2 N–H and O–H groups in total. The SMILES string of the molecule is CC(C)Oc1ccc(CNc2ncnc3[nH]ncc23)cn1. The highest BCUT2D eigenvalue weighted by molar-refractivity contribution is 5.85. The lowest BCUT2D eigenvalue weighted by Gasteiger charge is -2.09. The van der Waals surface area contributed by atoms with Gasteiger partial charge >= 0.3 is 0 Å². The van der Waals surface area contributed by atoms with E-state index in [1.807, 2.05) is 26.0 Å². The predicted molar refractivity (Wildman–Crippen MR) is 79.0 cm³/mol. The van der Waals surface area contributed by atoms with E-state index >= 15 is 0 Å². The Kier molecular flexibility index (Phi) is 3.63. The van der Waals surface area contributed by atoms with Crippen LogP contribution >= 0.6 is 0 Å². The maximum absolute atomic E-state index is 5.51. The van der Waals surface area contributed by atoms with Crippen LogP contribution in [0.5, 0.6) is 5.88 Å². The molecule has 0 fully saturated rings. The monoisotopic (exact) mass is 284 g/mol. The van der Waals surface area contributed by atoms with Crippen molar-refractivity contribution in [3.05, 3.63) is 36.4 Å². The maximum atomic E-state index is 5.51. The van der Waals surface area contributed by atoms with Gasteiger partial charge in [-0.05, 0) is 19.4 Å². The van der Waals surface area contributed by atoms with Gasteiger partial charge < -0.3 is 10.1 Å². The summed E-state index contributed by atoms with van der Waals surface area (Å²) >= 11 is 0. The van der Waals surface area contributed by atoms with Gasteiger partial charge in [0.2, 0.25) is 5.88 Å².